The molecule has 0 spiro atoms. The van der Waals surface area contributed by atoms with Crippen LogP contribution in [0, 0.1) is 0 Å². The fourth-order valence-corrected chi connectivity index (χ4v) is 6.65. The Morgan fingerprint density at radius 2 is 0.400 bits per heavy atom. The van der Waals surface area contributed by atoms with Crippen molar-refractivity contribution in [3.63, 3.8) is 0 Å². The molecule has 0 aliphatic carbocycles. The molecule has 0 saturated carbocycles. The molecule has 0 atom stereocenters. The van der Waals surface area contributed by atoms with E-state index in [1.165, 1.54) is 0 Å². The normalized spacial score (nSPS) is 10.9. The van der Waals surface area contributed by atoms with Crippen LogP contribution < -0.4 is 33.2 Å². The Balaban J connectivity index is 1.07. The van der Waals surface area contributed by atoms with Gasteiger partial charge in [-0.05, 0) is 0 Å². The van der Waals surface area contributed by atoms with Crippen LogP contribution in [-0.4, -0.2) is 102 Å². The zero-order valence-corrected chi connectivity index (χ0v) is 36.9. The molecule has 75 heavy (non-hydrogen) atoms. The Hall–Kier alpha value is -11.6. The second-order valence-electron chi connectivity index (χ2n) is 15.3. The summed E-state index contributed by atoms with van der Waals surface area (Å²) >= 11 is 0. The maximum Gasteiger partial charge on any atom is 0.215 e. The first-order chi connectivity index (χ1) is 35.4. The van der Waals surface area contributed by atoms with Gasteiger partial charge in [-0.15, -0.1) is 0 Å². The predicted octanol–water partition coefficient (Wildman–Crippen LogP) is 8.34. The average Bonchev–Trinajstić information content (AvgIpc) is 3.32. The summed E-state index contributed by atoms with van der Waals surface area (Å²) in [5.41, 5.74) is 0. The van der Waals surface area contributed by atoms with Gasteiger partial charge >= 0.3 is 0 Å². The molecular formula is C48H34O27. The number of hydrogen-bond acceptors (Lipinski definition) is 27. The molecule has 388 valence electrons. The van der Waals surface area contributed by atoms with Crippen LogP contribution in [0.3, 0.4) is 0 Å². The predicted molar refractivity (Wildman–Crippen MR) is 245 cm³/mol. The van der Waals surface area contributed by atoms with E-state index in [1.54, 1.807) is 0 Å². The van der Waals surface area contributed by atoms with Gasteiger partial charge in [-0.1, -0.05) is 0 Å². The molecule has 8 aromatic rings. The molecule has 0 saturated heterocycles. The van der Waals surface area contributed by atoms with Crippen LogP contribution in [0.2, 0.25) is 0 Å². The molecule has 0 unspecified atom stereocenters. The first kappa shape index (κ1) is 49.8. The lowest BCUT2D eigenvalue weighted by Crippen LogP contribution is -1.96. The van der Waals surface area contributed by atoms with E-state index in [9.17, 15) is 102 Å². The monoisotopic (exact) mass is 1040 g/mol. The van der Waals surface area contributed by atoms with Crippen LogP contribution in [0.25, 0.3) is 0 Å². The molecule has 0 fully saturated rings. The maximum atomic E-state index is 11.1. The third-order valence-corrected chi connectivity index (χ3v) is 10.0. The van der Waals surface area contributed by atoms with Gasteiger partial charge in [0.05, 0.1) is 0 Å². The highest BCUT2D eigenvalue weighted by Gasteiger charge is 2.29. The van der Waals surface area contributed by atoms with E-state index in [1.807, 2.05) is 0 Å². The van der Waals surface area contributed by atoms with Crippen LogP contribution in [-0.2, 0) is 0 Å². The van der Waals surface area contributed by atoms with Crippen LogP contribution >= 0.6 is 0 Å². The summed E-state index contributed by atoms with van der Waals surface area (Å²) in [5, 5.41) is 209. The number of ether oxygens (including phenoxy) is 7. The summed E-state index contributed by atoms with van der Waals surface area (Å²) in [7, 11) is 0. The number of aromatic hydroxyl groups is 20. The van der Waals surface area contributed by atoms with Crippen LogP contribution in [0.15, 0.2) is 84.9 Å². The van der Waals surface area contributed by atoms with Crippen molar-refractivity contribution in [3.05, 3.63) is 84.9 Å². The summed E-state index contributed by atoms with van der Waals surface area (Å²) in [6.07, 6.45) is 0. The van der Waals surface area contributed by atoms with Crippen molar-refractivity contribution >= 4 is 0 Å². The molecule has 0 aromatic heterocycles. The molecule has 0 radical (unpaired) electrons. The first-order valence-electron chi connectivity index (χ1n) is 20.4. The van der Waals surface area contributed by atoms with Crippen molar-refractivity contribution in [1.82, 2.24) is 0 Å². The van der Waals surface area contributed by atoms with Crippen molar-refractivity contribution in [3.8, 4) is 195 Å². The van der Waals surface area contributed by atoms with Gasteiger partial charge in [-0.25, -0.2) is 0 Å². The first-order valence-corrected chi connectivity index (χ1v) is 20.4. The highest BCUT2D eigenvalue weighted by atomic mass is 16.6. The van der Waals surface area contributed by atoms with Crippen LogP contribution in [0.5, 0.6) is 195 Å². The van der Waals surface area contributed by atoms with Crippen LogP contribution in [0.4, 0.5) is 0 Å². The Morgan fingerprint density at radius 1 is 0.173 bits per heavy atom. The van der Waals surface area contributed by atoms with Crippen molar-refractivity contribution in [1.29, 1.82) is 0 Å². The zero-order chi connectivity index (χ0) is 54.5. The summed E-state index contributed by atoms with van der Waals surface area (Å²) in [5.74, 6) is -29.1. The van der Waals surface area contributed by atoms with Gasteiger partial charge in [-0.3, -0.25) is 0 Å². The van der Waals surface area contributed by atoms with E-state index >= 15 is 0 Å². The van der Waals surface area contributed by atoms with E-state index in [2.05, 4.69) is 0 Å². The van der Waals surface area contributed by atoms with Gasteiger partial charge in [-0.2, -0.15) is 0 Å². The molecule has 0 heterocycles. The van der Waals surface area contributed by atoms with E-state index in [-0.39, 0.29) is 5.75 Å². The SMILES string of the molecule is Oc1cc(O)c(Oc2cc(O)c(Oc3cc(O)cc(O)c3Oc3cc(O)c(Oc4cc(O)c(O)c(O)c4Oc4cc(O)c(O)c(O)c4Oc4cc(O)c(Oc5cc(O)c(O)c(O)c5)c(O)c4)c(O)c3)c(O)c2)c(O)c1. The number of phenols is 20. The van der Waals surface area contributed by atoms with Crippen molar-refractivity contribution in [2.45, 2.75) is 0 Å². The molecule has 0 bridgehead atoms. The summed E-state index contributed by atoms with van der Waals surface area (Å²) in [6, 6.07) is 10.7. The largest absolute Gasteiger partial charge is 0.508 e. The zero-order valence-electron chi connectivity index (χ0n) is 36.9. The Labute approximate surface area is 415 Å². The van der Waals surface area contributed by atoms with Crippen LogP contribution in [0.1, 0.15) is 0 Å². The van der Waals surface area contributed by atoms with E-state index < -0.39 is 190 Å². The van der Waals surface area contributed by atoms with Gasteiger partial charge in [0.1, 0.15) is 34.5 Å². The Bertz CT molecular complexity index is 3500. The van der Waals surface area contributed by atoms with Crippen molar-refractivity contribution in [2.24, 2.45) is 0 Å². The van der Waals surface area contributed by atoms with E-state index in [0.717, 1.165) is 72.8 Å². The van der Waals surface area contributed by atoms with Gasteiger partial charge in [0.2, 0.25) is 69.0 Å². The molecule has 0 aliphatic rings. The summed E-state index contributed by atoms with van der Waals surface area (Å²) < 4.78 is 38.7. The molecule has 0 aliphatic heterocycles. The molecule has 8 rings (SSSR count). The lowest BCUT2D eigenvalue weighted by Gasteiger charge is -2.20. The fraction of sp³-hybridized carbons (Fsp3) is 0. The average molecular weight is 1040 g/mol. The minimum atomic E-state index is -1.35. The van der Waals surface area contributed by atoms with Gasteiger partial charge in [0.25, 0.3) is 0 Å². The maximum absolute atomic E-state index is 11.1. The third-order valence-electron chi connectivity index (χ3n) is 10.0. The number of hydrogen-bond donors (Lipinski definition) is 20. The molecule has 8 aromatic carbocycles. The molecule has 27 heteroatoms. The standard InChI is InChI=1S/C48H34O27/c49-15-1-25(55)42(26(56)2-15)70-18-7-30(60)44(31(61)8-18)73-34-4-16(50)3-27(57)46(34)71-19-9-32(62)45(33(63)10-19)74-36-14-24(54)39(66)41(68)48(36)75-35-13-23(53)38(65)40(67)47(35)72-20-11-28(58)43(29(59)12-20)69-17-5-21(51)37(64)22(52)6-17/h1-14,49-68H. The Kier molecular flexibility index (Phi) is 12.6. The van der Waals surface area contributed by atoms with Gasteiger partial charge in [0, 0.05) is 84.9 Å². The minimum Gasteiger partial charge on any atom is -0.508 e. The molecule has 0 amide bonds. The van der Waals surface area contributed by atoms with Crippen molar-refractivity contribution in [2.75, 3.05) is 0 Å². The smallest absolute Gasteiger partial charge is 0.215 e. The number of rotatable bonds is 14. The second kappa shape index (κ2) is 18.9. The lowest BCUT2D eigenvalue weighted by atomic mass is 10.2. The van der Waals surface area contributed by atoms with Gasteiger partial charge < -0.3 is 135 Å². The highest BCUT2D eigenvalue weighted by Crippen LogP contribution is 2.59. The summed E-state index contributed by atoms with van der Waals surface area (Å²) in [4.78, 5) is 0. The van der Waals surface area contributed by atoms with E-state index in [0.29, 0.717) is 12.1 Å². The minimum absolute atomic E-state index is 0.387. The number of benzene rings is 8. The lowest BCUT2D eigenvalue weighted by molar-refractivity contribution is 0.311. The molecular weight excluding hydrogens is 1010 g/mol. The second-order valence-corrected chi connectivity index (χ2v) is 15.3. The van der Waals surface area contributed by atoms with Crippen molar-refractivity contribution < 1.29 is 135 Å². The molecule has 20 N–H and O–H groups in total. The molecule has 27 nitrogen and oxygen atoms in total. The topological polar surface area (TPSA) is 469 Å². The number of phenolic OH excluding ortho intramolecular Hbond substituents is 20. The summed E-state index contributed by atoms with van der Waals surface area (Å²) in [6.45, 7) is 0. The Morgan fingerprint density at radius 3 is 0.773 bits per heavy atom. The third kappa shape index (κ3) is 9.79. The van der Waals surface area contributed by atoms with Gasteiger partial charge in [0.15, 0.2) is 92.0 Å². The van der Waals surface area contributed by atoms with E-state index in [4.69, 9.17) is 33.2 Å². The quantitative estimate of drug-likeness (QED) is 0.0455. The fourth-order valence-electron chi connectivity index (χ4n) is 6.65. The highest BCUT2D eigenvalue weighted by molar-refractivity contribution is 5.71.